The molecular weight excluding hydrogens is 384 g/mol. The predicted octanol–water partition coefficient (Wildman–Crippen LogP) is 2.47. The molecule has 8 heteroatoms. The van der Waals surface area contributed by atoms with Gasteiger partial charge in [-0.25, -0.2) is 0 Å². The number of carbonyl (C=O) groups is 1. The van der Waals surface area contributed by atoms with Gasteiger partial charge in [-0.1, -0.05) is 15.9 Å². The molecular formula is C15H15BrN2O4S. The molecule has 2 aliphatic heterocycles. The van der Waals surface area contributed by atoms with Crippen LogP contribution < -0.4 is 4.74 Å². The van der Waals surface area contributed by atoms with Gasteiger partial charge < -0.3 is 19.5 Å². The number of hydrogen-bond acceptors (Lipinski definition) is 6. The normalized spacial score (nSPS) is 20.1. The zero-order valence-electron chi connectivity index (χ0n) is 12.4. The smallest absolute Gasteiger partial charge is 0.286 e. The van der Waals surface area contributed by atoms with Crippen molar-refractivity contribution < 1.29 is 19.4 Å². The van der Waals surface area contributed by atoms with Gasteiger partial charge in [0.05, 0.1) is 25.2 Å². The lowest BCUT2D eigenvalue weighted by molar-refractivity contribution is -0.113. The highest BCUT2D eigenvalue weighted by Gasteiger charge is 2.27. The fraction of sp³-hybridized carbons (Fsp3) is 0.333. The number of morpholine rings is 1. The van der Waals surface area contributed by atoms with Gasteiger partial charge in [-0.3, -0.25) is 4.79 Å². The van der Waals surface area contributed by atoms with Crippen molar-refractivity contribution in [3.8, 4) is 11.5 Å². The SMILES string of the molecule is COc1cc(Br)cc(C=C2SC(N3CCOCC3)=NC2=O)c1O. The highest BCUT2D eigenvalue weighted by molar-refractivity contribution is 9.10. The Morgan fingerprint density at radius 2 is 2.17 bits per heavy atom. The Morgan fingerprint density at radius 1 is 1.43 bits per heavy atom. The van der Waals surface area contributed by atoms with Crippen LogP contribution in [0.1, 0.15) is 5.56 Å². The van der Waals surface area contributed by atoms with Crippen LogP contribution in [0, 0.1) is 0 Å². The van der Waals surface area contributed by atoms with Crippen LogP contribution in [0.15, 0.2) is 26.5 Å². The molecule has 1 amide bonds. The molecule has 2 aliphatic rings. The molecule has 0 saturated carbocycles. The lowest BCUT2D eigenvalue weighted by Crippen LogP contribution is -2.38. The van der Waals surface area contributed by atoms with Gasteiger partial charge in [0.25, 0.3) is 5.91 Å². The van der Waals surface area contributed by atoms with E-state index in [1.165, 1.54) is 18.9 Å². The number of phenols is 1. The number of methoxy groups -OCH3 is 1. The Morgan fingerprint density at radius 3 is 2.87 bits per heavy atom. The summed E-state index contributed by atoms with van der Waals surface area (Å²) in [7, 11) is 1.48. The van der Waals surface area contributed by atoms with Crippen molar-refractivity contribution in [1.29, 1.82) is 0 Å². The molecule has 2 heterocycles. The van der Waals surface area contributed by atoms with Crippen LogP contribution in [0.5, 0.6) is 11.5 Å². The summed E-state index contributed by atoms with van der Waals surface area (Å²) in [5, 5.41) is 10.9. The molecule has 1 saturated heterocycles. The van der Waals surface area contributed by atoms with Crippen molar-refractivity contribution in [3.63, 3.8) is 0 Å². The number of phenolic OH excluding ortho intramolecular Hbond substituents is 1. The second-order valence-corrected chi connectivity index (χ2v) is 6.88. The van der Waals surface area contributed by atoms with Crippen molar-refractivity contribution in [2.24, 2.45) is 4.99 Å². The summed E-state index contributed by atoms with van der Waals surface area (Å²) >= 11 is 4.68. The van der Waals surface area contributed by atoms with E-state index < -0.39 is 0 Å². The molecule has 6 nitrogen and oxygen atoms in total. The van der Waals surface area contributed by atoms with Crippen LogP contribution in [0.2, 0.25) is 0 Å². The Bertz CT molecular complexity index is 699. The molecule has 1 aromatic rings. The number of amidine groups is 1. The number of carbonyl (C=O) groups excluding carboxylic acids is 1. The van der Waals surface area contributed by atoms with Crippen molar-refractivity contribution in [1.82, 2.24) is 4.90 Å². The van der Waals surface area contributed by atoms with Crippen LogP contribution in [0.25, 0.3) is 6.08 Å². The van der Waals surface area contributed by atoms with E-state index in [0.717, 1.165) is 17.6 Å². The maximum absolute atomic E-state index is 12.1. The molecule has 1 N–H and O–H groups in total. The molecule has 1 fully saturated rings. The molecule has 122 valence electrons. The van der Waals surface area contributed by atoms with Gasteiger partial charge in [-0.15, -0.1) is 0 Å². The average Bonchev–Trinajstić information content (AvgIpc) is 2.92. The Kier molecular flexibility index (Phi) is 4.93. The molecule has 0 bridgehead atoms. The number of nitrogens with zero attached hydrogens (tertiary/aromatic N) is 2. The summed E-state index contributed by atoms with van der Waals surface area (Å²) in [5.41, 5.74) is 0.505. The van der Waals surface area contributed by atoms with Crippen LogP contribution in [-0.2, 0) is 9.53 Å². The third-order valence-electron chi connectivity index (χ3n) is 3.47. The van der Waals surface area contributed by atoms with E-state index >= 15 is 0 Å². The van der Waals surface area contributed by atoms with Gasteiger partial charge in [0.1, 0.15) is 0 Å². The maximum Gasteiger partial charge on any atom is 0.286 e. The lowest BCUT2D eigenvalue weighted by atomic mass is 10.1. The first kappa shape index (κ1) is 16.4. The van der Waals surface area contributed by atoms with E-state index in [-0.39, 0.29) is 11.7 Å². The first-order valence-corrected chi connectivity index (χ1v) is 8.61. The number of amides is 1. The number of aliphatic imine (C=N–C) groups is 1. The van der Waals surface area contributed by atoms with Gasteiger partial charge >= 0.3 is 0 Å². The Balaban J connectivity index is 1.84. The van der Waals surface area contributed by atoms with Crippen LogP contribution in [0.3, 0.4) is 0 Å². The summed E-state index contributed by atoms with van der Waals surface area (Å²) in [4.78, 5) is 18.7. The monoisotopic (exact) mass is 398 g/mol. The zero-order chi connectivity index (χ0) is 16.4. The average molecular weight is 399 g/mol. The highest BCUT2D eigenvalue weighted by Crippen LogP contribution is 2.37. The topological polar surface area (TPSA) is 71.4 Å². The van der Waals surface area contributed by atoms with Crippen LogP contribution >= 0.6 is 27.7 Å². The third kappa shape index (κ3) is 3.54. The molecule has 3 rings (SSSR count). The number of rotatable bonds is 2. The predicted molar refractivity (Wildman–Crippen MR) is 92.8 cm³/mol. The number of halogens is 1. The first-order valence-electron chi connectivity index (χ1n) is 7.00. The van der Waals surface area contributed by atoms with Crippen LogP contribution in [0.4, 0.5) is 0 Å². The van der Waals surface area contributed by atoms with Gasteiger partial charge in [0.2, 0.25) is 0 Å². The van der Waals surface area contributed by atoms with Crippen molar-refractivity contribution in [3.05, 3.63) is 27.1 Å². The quantitative estimate of drug-likeness (QED) is 0.771. The number of hydrogen-bond donors (Lipinski definition) is 1. The standard InChI is InChI=1S/C15H15BrN2O4S/c1-21-11-8-10(16)6-9(13(11)19)7-12-14(20)17-15(23-12)18-2-4-22-5-3-18/h6-8,19H,2-5H2,1H3. The molecule has 0 radical (unpaired) electrons. The summed E-state index contributed by atoms with van der Waals surface area (Å²) in [6.45, 7) is 2.72. The summed E-state index contributed by atoms with van der Waals surface area (Å²) < 4.78 is 11.2. The number of benzene rings is 1. The summed E-state index contributed by atoms with van der Waals surface area (Å²) in [6, 6.07) is 3.39. The van der Waals surface area contributed by atoms with E-state index in [1.54, 1.807) is 18.2 Å². The largest absolute Gasteiger partial charge is 0.504 e. The second-order valence-electron chi connectivity index (χ2n) is 4.96. The van der Waals surface area contributed by atoms with Gasteiger partial charge in [-0.2, -0.15) is 4.99 Å². The van der Waals surface area contributed by atoms with E-state index in [1.807, 2.05) is 4.90 Å². The fourth-order valence-electron chi connectivity index (χ4n) is 2.29. The zero-order valence-corrected chi connectivity index (χ0v) is 14.8. The van der Waals surface area contributed by atoms with E-state index in [2.05, 4.69) is 20.9 Å². The van der Waals surface area contributed by atoms with E-state index in [0.29, 0.717) is 34.6 Å². The summed E-state index contributed by atoms with van der Waals surface area (Å²) in [6.07, 6.45) is 1.63. The number of aromatic hydroxyl groups is 1. The number of thioether (sulfide) groups is 1. The van der Waals surface area contributed by atoms with Gasteiger partial charge in [-0.05, 0) is 30.0 Å². The molecule has 0 unspecified atom stereocenters. The third-order valence-corrected chi connectivity index (χ3v) is 4.97. The van der Waals surface area contributed by atoms with Gasteiger partial charge in [0.15, 0.2) is 16.7 Å². The molecule has 0 spiro atoms. The molecule has 23 heavy (non-hydrogen) atoms. The van der Waals surface area contributed by atoms with E-state index in [4.69, 9.17) is 9.47 Å². The minimum Gasteiger partial charge on any atom is -0.504 e. The second kappa shape index (κ2) is 6.94. The number of ether oxygens (including phenoxy) is 2. The molecule has 1 aromatic carbocycles. The molecule has 0 atom stereocenters. The minimum atomic E-state index is -0.296. The lowest BCUT2D eigenvalue weighted by Gasteiger charge is -2.27. The van der Waals surface area contributed by atoms with Crippen LogP contribution in [-0.4, -0.2) is 54.5 Å². The first-order chi connectivity index (χ1) is 11.1. The molecule has 0 aliphatic carbocycles. The van der Waals surface area contributed by atoms with Gasteiger partial charge in [0, 0.05) is 23.1 Å². The Labute approximate surface area is 146 Å². The summed E-state index contributed by atoms with van der Waals surface area (Å²) in [5.74, 6) is 0.0437. The van der Waals surface area contributed by atoms with Crippen molar-refractivity contribution >= 4 is 44.8 Å². The Hall–Kier alpha value is -1.51. The molecule has 0 aromatic heterocycles. The van der Waals surface area contributed by atoms with Crippen molar-refractivity contribution in [2.45, 2.75) is 0 Å². The fourth-order valence-corrected chi connectivity index (χ4v) is 3.70. The van der Waals surface area contributed by atoms with Crippen molar-refractivity contribution in [2.75, 3.05) is 33.4 Å². The van der Waals surface area contributed by atoms with E-state index in [9.17, 15) is 9.90 Å². The minimum absolute atomic E-state index is 0.00331. The highest BCUT2D eigenvalue weighted by atomic mass is 79.9. The maximum atomic E-state index is 12.1.